The minimum absolute atomic E-state index is 0.149. The largest absolute Gasteiger partial charge is 0.493 e. The molecule has 0 saturated heterocycles. The van der Waals surface area contributed by atoms with E-state index in [1.165, 1.54) is 0 Å². The van der Waals surface area contributed by atoms with Crippen LogP contribution >= 0.6 is 0 Å². The molecular weight excluding hydrogens is 358 g/mol. The predicted molar refractivity (Wildman–Crippen MR) is 105 cm³/mol. The first-order valence-electron chi connectivity index (χ1n) is 9.21. The number of carbonyl (C=O) groups excluding carboxylic acids is 1. The van der Waals surface area contributed by atoms with Crippen LogP contribution in [0.4, 0.5) is 0 Å². The Morgan fingerprint density at radius 2 is 1.96 bits per heavy atom. The van der Waals surface area contributed by atoms with Crippen LogP contribution in [0.15, 0.2) is 36.1 Å². The number of hydrogen-bond donors (Lipinski definition) is 0. The summed E-state index contributed by atoms with van der Waals surface area (Å²) in [5.41, 5.74) is 2.18. The van der Waals surface area contributed by atoms with Crippen molar-refractivity contribution in [1.29, 1.82) is 0 Å². The summed E-state index contributed by atoms with van der Waals surface area (Å²) >= 11 is 0. The summed E-state index contributed by atoms with van der Waals surface area (Å²) in [6, 6.07) is 9.45. The van der Waals surface area contributed by atoms with Gasteiger partial charge in [0.05, 0.1) is 25.3 Å². The maximum atomic E-state index is 12.9. The lowest BCUT2D eigenvalue weighted by molar-refractivity contribution is 0.0674. The van der Waals surface area contributed by atoms with E-state index in [0.717, 1.165) is 11.3 Å². The van der Waals surface area contributed by atoms with Crippen LogP contribution in [0, 0.1) is 0 Å². The molecule has 4 rings (SSSR count). The Balaban J connectivity index is 1.73. The van der Waals surface area contributed by atoms with Crippen LogP contribution in [-0.2, 0) is 6.54 Å². The van der Waals surface area contributed by atoms with E-state index in [1.54, 1.807) is 32.4 Å². The van der Waals surface area contributed by atoms with E-state index in [4.69, 9.17) is 18.9 Å². The summed E-state index contributed by atoms with van der Waals surface area (Å²) in [7, 11) is 3.15. The van der Waals surface area contributed by atoms with Crippen molar-refractivity contribution in [2.24, 2.45) is 0 Å². The van der Waals surface area contributed by atoms with E-state index >= 15 is 0 Å². The molecule has 0 bridgehead atoms. The Hall–Kier alpha value is -2.99. The highest BCUT2D eigenvalue weighted by Gasteiger charge is 2.34. The van der Waals surface area contributed by atoms with Gasteiger partial charge < -0.3 is 18.9 Å². The van der Waals surface area contributed by atoms with E-state index in [2.05, 4.69) is 18.7 Å². The van der Waals surface area contributed by atoms with Gasteiger partial charge in [-0.1, -0.05) is 12.1 Å². The Labute approximate surface area is 164 Å². The number of ether oxygens (including phenoxy) is 4. The van der Waals surface area contributed by atoms with Gasteiger partial charge in [0.15, 0.2) is 17.3 Å². The van der Waals surface area contributed by atoms with Gasteiger partial charge in [0.25, 0.3) is 0 Å². The second-order valence-electron chi connectivity index (χ2n) is 7.06. The van der Waals surface area contributed by atoms with Gasteiger partial charge in [0.1, 0.15) is 18.2 Å². The number of nitrogens with zero attached hydrogens (tertiary/aromatic N) is 1. The first kappa shape index (κ1) is 18.4. The molecule has 0 amide bonds. The number of fused-ring (bicyclic) bond motifs is 3. The molecule has 2 aliphatic heterocycles. The quantitative estimate of drug-likeness (QED) is 0.749. The van der Waals surface area contributed by atoms with Crippen LogP contribution in [0.3, 0.4) is 0 Å². The van der Waals surface area contributed by atoms with Crippen LogP contribution in [0.5, 0.6) is 23.0 Å². The smallest absolute Gasteiger partial charge is 0.231 e. The van der Waals surface area contributed by atoms with Gasteiger partial charge in [0, 0.05) is 18.2 Å². The number of para-hydroxylation sites is 1. The topological polar surface area (TPSA) is 57.2 Å². The third-order valence-electron chi connectivity index (χ3n) is 5.10. The fourth-order valence-electron chi connectivity index (χ4n) is 3.47. The third kappa shape index (κ3) is 2.99. The molecule has 2 heterocycles. The number of Topliss-reactive ketones (excluding diaryl/α,β-unsaturated/α-hetero) is 1. The second kappa shape index (κ2) is 7.20. The van der Waals surface area contributed by atoms with E-state index in [0.29, 0.717) is 47.7 Å². The zero-order valence-electron chi connectivity index (χ0n) is 16.4. The molecule has 0 saturated carbocycles. The number of benzene rings is 2. The number of carbonyl (C=O) groups is 1. The van der Waals surface area contributed by atoms with Crippen LogP contribution in [0.1, 0.15) is 35.3 Å². The van der Waals surface area contributed by atoms with E-state index < -0.39 is 0 Å². The lowest BCUT2D eigenvalue weighted by Crippen LogP contribution is -2.37. The average molecular weight is 381 g/mol. The highest BCUT2D eigenvalue weighted by Crippen LogP contribution is 2.43. The second-order valence-corrected chi connectivity index (χ2v) is 7.06. The van der Waals surface area contributed by atoms with Crippen molar-refractivity contribution in [2.75, 3.05) is 21.0 Å². The average Bonchev–Trinajstić information content (AvgIpc) is 3.03. The van der Waals surface area contributed by atoms with Crippen LogP contribution in [0.2, 0.25) is 0 Å². The molecule has 0 radical (unpaired) electrons. The number of methoxy groups -OCH3 is 2. The van der Waals surface area contributed by atoms with Crippen molar-refractivity contribution in [3.63, 3.8) is 0 Å². The Bertz CT molecular complexity index is 964. The van der Waals surface area contributed by atoms with E-state index in [-0.39, 0.29) is 11.5 Å². The maximum absolute atomic E-state index is 12.9. The normalized spacial score (nSPS) is 17.2. The monoisotopic (exact) mass is 381 g/mol. The molecule has 0 unspecified atom stereocenters. The summed E-state index contributed by atoms with van der Waals surface area (Å²) in [6.07, 6.45) is 1.69. The molecule has 0 N–H and O–H groups in total. The van der Waals surface area contributed by atoms with Crippen molar-refractivity contribution >= 4 is 11.9 Å². The van der Waals surface area contributed by atoms with Gasteiger partial charge in [-0.2, -0.15) is 0 Å². The zero-order valence-corrected chi connectivity index (χ0v) is 16.4. The van der Waals surface area contributed by atoms with Crippen molar-refractivity contribution in [2.45, 2.75) is 26.4 Å². The Morgan fingerprint density at radius 3 is 2.68 bits per heavy atom. The van der Waals surface area contributed by atoms with Gasteiger partial charge in [-0.15, -0.1) is 0 Å². The maximum Gasteiger partial charge on any atom is 0.231 e. The van der Waals surface area contributed by atoms with Crippen LogP contribution in [-0.4, -0.2) is 37.7 Å². The van der Waals surface area contributed by atoms with Crippen LogP contribution < -0.4 is 18.9 Å². The van der Waals surface area contributed by atoms with E-state index in [1.807, 2.05) is 18.2 Å². The standard InChI is InChI=1S/C22H23NO5/c1-13(2)23-11-16-17(27-12-23)9-8-15-20(24)19(28-22(15)16)10-14-6-5-7-18(25-3)21(14)26-4/h5-10,13H,11-12H2,1-4H3/b19-10-. The van der Waals surface area contributed by atoms with Crippen molar-refractivity contribution in [3.05, 3.63) is 52.8 Å². The molecule has 0 aromatic heterocycles. The van der Waals surface area contributed by atoms with Gasteiger partial charge >= 0.3 is 0 Å². The fraction of sp³-hybridized carbons (Fsp3) is 0.318. The highest BCUT2D eigenvalue weighted by atomic mass is 16.5. The van der Waals surface area contributed by atoms with Crippen molar-refractivity contribution in [1.82, 2.24) is 4.90 Å². The highest BCUT2D eigenvalue weighted by molar-refractivity contribution is 6.15. The molecule has 28 heavy (non-hydrogen) atoms. The Kier molecular flexibility index (Phi) is 4.73. The third-order valence-corrected chi connectivity index (χ3v) is 5.10. The summed E-state index contributed by atoms with van der Waals surface area (Å²) in [5, 5.41) is 0. The summed E-state index contributed by atoms with van der Waals surface area (Å²) in [5.74, 6) is 2.62. The minimum atomic E-state index is -0.149. The van der Waals surface area contributed by atoms with Crippen molar-refractivity contribution in [3.8, 4) is 23.0 Å². The molecular formula is C22H23NO5. The first-order chi connectivity index (χ1) is 13.5. The van der Waals surface area contributed by atoms with Gasteiger partial charge in [-0.25, -0.2) is 0 Å². The molecule has 0 fully saturated rings. The summed E-state index contributed by atoms with van der Waals surface area (Å²) < 4.78 is 22.7. The lowest BCUT2D eigenvalue weighted by Gasteiger charge is -2.32. The minimum Gasteiger partial charge on any atom is -0.493 e. The van der Waals surface area contributed by atoms with Gasteiger partial charge in [0.2, 0.25) is 5.78 Å². The summed E-state index contributed by atoms with van der Waals surface area (Å²) in [4.78, 5) is 15.1. The van der Waals surface area contributed by atoms with Crippen LogP contribution in [0.25, 0.3) is 6.08 Å². The molecule has 146 valence electrons. The molecule has 0 aliphatic carbocycles. The molecule has 2 aromatic rings. The SMILES string of the molecule is COc1cccc(/C=C2\Oc3c(ccc4c3CN(C(C)C)CO4)C2=O)c1OC. The fourth-order valence-corrected chi connectivity index (χ4v) is 3.47. The number of hydrogen-bond acceptors (Lipinski definition) is 6. The van der Waals surface area contributed by atoms with Gasteiger partial charge in [-0.05, 0) is 38.1 Å². The molecule has 0 atom stereocenters. The molecule has 0 spiro atoms. The summed E-state index contributed by atoms with van der Waals surface area (Å²) in [6.45, 7) is 5.44. The predicted octanol–water partition coefficient (Wildman–Crippen LogP) is 3.88. The molecule has 6 heteroatoms. The number of ketones is 1. The zero-order chi connectivity index (χ0) is 19.8. The number of rotatable bonds is 4. The van der Waals surface area contributed by atoms with Gasteiger partial charge in [-0.3, -0.25) is 9.69 Å². The first-order valence-corrected chi connectivity index (χ1v) is 9.21. The van der Waals surface area contributed by atoms with E-state index in [9.17, 15) is 4.79 Å². The lowest BCUT2D eigenvalue weighted by atomic mass is 10.0. The Morgan fingerprint density at radius 1 is 1.14 bits per heavy atom. The number of allylic oxidation sites excluding steroid dienone is 1. The molecule has 6 nitrogen and oxygen atoms in total. The molecule has 2 aliphatic rings. The van der Waals surface area contributed by atoms with Crippen molar-refractivity contribution < 1.29 is 23.7 Å². The molecule has 2 aromatic carbocycles.